The molecule has 2 aromatic carbocycles. The number of hydrogen-bond acceptors (Lipinski definition) is 6. The molecule has 2 amide bonds. The van der Waals surface area contributed by atoms with Gasteiger partial charge in [-0.2, -0.15) is 0 Å². The fraction of sp³-hybridized carbons (Fsp3) is 0.458. The minimum atomic E-state index is -0.377. The molecule has 2 aromatic rings. The highest BCUT2D eigenvalue weighted by molar-refractivity contribution is 5.89. The number of piperidine rings is 1. The van der Waals surface area contributed by atoms with Gasteiger partial charge in [-0.05, 0) is 62.1 Å². The van der Waals surface area contributed by atoms with Crippen molar-refractivity contribution in [1.82, 2.24) is 10.6 Å². The topological polar surface area (TPSA) is 120 Å². The Morgan fingerprint density at radius 1 is 0.970 bits per heavy atom. The zero-order chi connectivity index (χ0) is 23.2. The number of phenolic OH excluding ortho intramolecular Hbond substituents is 1. The molecule has 4 rings (SSSR count). The van der Waals surface area contributed by atoms with E-state index in [1.165, 1.54) is 0 Å². The summed E-state index contributed by atoms with van der Waals surface area (Å²) in [6, 6.07) is 13.5. The fourth-order valence-electron chi connectivity index (χ4n) is 4.82. The number of benzene rings is 2. The van der Waals surface area contributed by atoms with Gasteiger partial charge in [0.15, 0.2) is 0 Å². The number of phenols is 1. The molecule has 0 bridgehead atoms. The van der Waals surface area contributed by atoms with Gasteiger partial charge in [-0.25, -0.2) is 4.79 Å². The molecule has 0 aromatic heterocycles. The van der Waals surface area contributed by atoms with Gasteiger partial charge in [0.2, 0.25) is 0 Å². The predicted octanol–water partition coefficient (Wildman–Crippen LogP) is 3.99. The quantitative estimate of drug-likeness (QED) is 0.298. The zero-order valence-electron chi connectivity index (χ0n) is 18.6. The summed E-state index contributed by atoms with van der Waals surface area (Å²) in [6.07, 6.45) is 6.26. The van der Waals surface area contributed by atoms with Crippen molar-refractivity contribution in [3.05, 3.63) is 58.6 Å². The molecule has 0 radical (unpaired) electrons. The highest BCUT2D eigenvalue weighted by atomic mass is 16.6. The molecule has 2 aliphatic rings. The van der Waals surface area contributed by atoms with Crippen LogP contribution < -0.4 is 20.9 Å². The summed E-state index contributed by atoms with van der Waals surface area (Å²) in [4.78, 5) is 25.4. The van der Waals surface area contributed by atoms with Crippen LogP contribution in [0.5, 0.6) is 5.75 Å². The number of carbonyl (C=O) groups excluding carboxylic acids is 1. The van der Waals surface area contributed by atoms with Crippen LogP contribution in [0.3, 0.4) is 0 Å². The highest BCUT2D eigenvalue weighted by Crippen LogP contribution is 2.25. The Kier molecular flexibility index (Phi) is 7.29. The Balaban J connectivity index is 1.33. The average molecular weight is 454 g/mol. The number of hydrogen-bond donors (Lipinski definition) is 4. The maximum Gasteiger partial charge on any atom is 0.319 e. The molecule has 9 nitrogen and oxygen atoms in total. The maximum atomic E-state index is 12.5. The molecule has 1 aliphatic heterocycles. The number of rotatable bonds is 6. The molecule has 33 heavy (non-hydrogen) atoms. The molecule has 1 saturated carbocycles. The van der Waals surface area contributed by atoms with Gasteiger partial charge in [-0.3, -0.25) is 10.1 Å². The van der Waals surface area contributed by atoms with Crippen LogP contribution in [-0.2, 0) is 0 Å². The van der Waals surface area contributed by atoms with Gasteiger partial charge in [-0.1, -0.05) is 12.8 Å². The SMILES string of the molecule is O=C(Nc1ccc(O)cc1)N[C@@H]1CCCC[C@H]1NC1CCCN(c2ccc([N+](=O)[O-])cc2)C1. The van der Waals surface area contributed by atoms with Gasteiger partial charge < -0.3 is 26.0 Å². The number of urea groups is 1. The number of amides is 2. The van der Waals surface area contributed by atoms with Crippen LogP contribution in [0.4, 0.5) is 21.9 Å². The number of nitrogens with zero attached hydrogens (tertiary/aromatic N) is 2. The van der Waals surface area contributed by atoms with Crippen molar-refractivity contribution >= 4 is 23.1 Å². The van der Waals surface area contributed by atoms with Crippen LogP contribution in [0, 0.1) is 10.1 Å². The van der Waals surface area contributed by atoms with Crippen LogP contribution in [0.1, 0.15) is 38.5 Å². The fourth-order valence-corrected chi connectivity index (χ4v) is 4.82. The van der Waals surface area contributed by atoms with E-state index in [4.69, 9.17) is 0 Å². The van der Waals surface area contributed by atoms with E-state index in [0.29, 0.717) is 11.7 Å². The summed E-state index contributed by atoms with van der Waals surface area (Å²) in [7, 11) is 0. The molecular formula is C24H31N5O4. The first-order chi connectivity index (χ1) is 16.0. The second-order valence-electron chi connectivity index (χ2n) is 8.87. The summed E-state index contributed by atoms with van der Waals surface area (Å²) in [5.74, 6) is 0.160. The molecule has 1 saturated heterocycles. The van der Waals surface area contributed by atoms with Crippen molar-refractivity contribution in [2.45, 2.75) is 56.7 Å². The zero-order valence-corrected chi connectivity index (χ0v) is 18.6. The van der Waals surface area contributed by atoms with Crippen molar-refractivity contribution in [2.75, 3.05) is 23.3 Å². The molecule has 4 N–H and O–H groups in total. The van der Waals surface area contributed by atoms with E-state index < -0.39 is 0 Å². The van der Waals surface area contributed by atoms with Crippen molar-refractivity contribution < 1.29 is 14.8 Å². The van der Waals surface area contributed by atoms with Gasteiger partial charge in [0.25, 0.3) is 5.69 Å². The normalized spacial score (nSPS) is 23.0. The van der Waals surface area contributed by atoms with Crippen molar-refractivity contribution in [3.8, 4) is 5.75 Å². The van der Waals surface area contributed by atoms with Gasteiger partial charge in [0.05, 0.1) is 4.92 Å². The first-order valence-electron chi connectivity index (χ1n) is 11.6. The van der Waals surface area contributed by atoms with Gasteiger partial charge in [0.1, 0.15) is 5.75 Å². The molecule has 1 heterocycles. The van der Waals surface area contributed by atoms with Gasteiger partial charge in [0, 0.05) is 54.7 Å². The van der Waals surface area contributed by atoms with Crippen LogP contribution in [0.15, 0.2) is 48.5 Å². The third-order valence-corrected chi connectivity index (χ3v) is 6.50. The number of nitrogens with one attached hydrogen (secondary N) is 3. The molecular weight excluding hydrogens is 422 g/mol. The lowest BCUT2D eigenvalue weighted by Gasteiger charge is -2.40. The lowest BCUT2D eigenvalue weighted by Crippen LogP contribution is -2.57. The van der Waals surface area contributed by atoms with E-state index in [1.807, 2.05) is 12.1 Å². The first-order valence-corrected chi connectivity index (χ1v) is 11.6. The van der Waals surface area contributed by atoms with Crippen molar-refractivity contribution in [2.24, 2.45) is 0 Å². The standard InChI is InChI=1S/C24H31N5O4/c30-21-13-7-17(8-14-21)26-24(31)27-23-6-2-1-5-22(23)25-18-4-3-15-28(16-18)19-9-11-20(12-10-19)29(32)33/h7-14,18,22-23,25,30H,1-6,15-16H2,(H2,26,27,31)/t18?,22-,23-/m1/s1. The molecule has 1 aliphatic carbocycles. The number of aromatic hydroxyl groups is 1. The number of nitro benzene ring substituents is 1. The van der Waals surface area contributed by atoms with E-state index in [0.717, 1.165) is 57.3 Å². The van der Waals surface area contributed by atoms with E-state index in [-0.39, 0.29) is 34.5 Å². The molecule has 0 spiro atoms. The lowest BCUT2D eigenvalue weighted by molar-refractivity contribution is -0.384. The maximum absolute atomic E-state index is 12.5. The predicted molar refractivity (Wildman–Crippen MR) is 128 cm³/mol. The molecule has 2 fully saturated rings. The van der Waals surface area contributed by atoms with Crippen molar-refractivity contribution in [3.63, 3.8) is 0 Å². The monoisotopic (exact) mass is 453 g/mol. The van der Waals surface area contributed by atoms with E-state index >= 15 is 0 Å². The Morgan fingerprint density at radius 3 is 2.36 bits per heavy atom. The smallest absolute Gasteiger partial charge is 0.319 e. The van der Waals surface area contributed by atoms with E-state index in [9.17, 15) is 20.0 Å². The average Bonchev–Trinajstić information content (AvgIpc) is 2.82. The number of nitro groups is 1. The Hall–Kier alpha value is -3.33. The minimum absolute atomic E-state index is 0.0469. The van der Waals surface area contributed by atoms with Gasteiger partial charge >= 0.3 is 6.03 Å². The Bertz CT molecular complexity index is 950. The summed E-state index contributed by atoms with van der Waals surface area (Å²) >= 11 is 0. The number of carbonyl (C=O) groups is 1. The second kappa shape index (κ2) is 10.5. The highest BCUT2D eigenvalue weighted by Gasteiger charge is 2.30. The van der Waals surface area contributed by atoms with Gasteiger partial charge in [-0.15, -0.1) is 0 Å². The third-order valence-electron chi connectivity index (χ3n) is 6.50. The van der Waals surface area contributed by atoms with Crippen LogP contribution in [0.2, 0.25) is 0 Å². The molecule has 3 atom stereocenters. The molecule has 176 valence electrons. The first kappa shape index (κ1) is 22.8. The summed E-state index contributed by atoms with van der Waals surface area (Å²) in [6.45, 7) is 1.76. The summed E-state index contributed by atoms with van der Waals surface area (Å²) < 4.78 is 0. The van der Waals surface area contributed by atoms with E-state index in [2.05, 4.69) is 20.9 Å². The van der Waals surface area contributed by atoms with Crippen LogP contribution in [0.25, 0.3) is 0 Å². The lowest BCUT2D eigenvalue weighted by atomic mass is 9.89. The molecule has 1 unspecified atom stereocenters. The summed E-state index contributed by atoms with van der Waals surface area (Å²) in [5, 5.41) is 30.1. The van der Waals surface area contributed by atoms with E-state index in [1.54, 1.807) is 36.4 Å². The van der Waals surface area contributed by atoms with Crippen LogP contribution >= 0.6 is 0 Å². The number of non-ortho nitro benzene ring substituents is 1. The largest absolute Gasteiger partial charge is 0.508 e. The Labute approximate surface area is 193 Å². The van der Waals surface area contributed by atoms with Crippen LogP contribution in [-0.4, -0.2) is 47.3 Å². The third kappa shape index (κ3) is 6.13. The minimum Gasteiger partial charge on any atom is -0.508 e. The summed E-state index contributed by atoms with van der Waals surface area (Å²) in [5.41, 5.74) is 1.74. The number of anilines is 2. The Morgan fingerprint density at radius 2 is 1.67 bits per heavy atom. The second-order valence-corrected chi connectivity index (χ2v) is 8.87. The van der Waals surface area contributed by atoms with Crippen molar-refractivity contribution in [1.29, 1.82) is 0 Å². The molecule has 9 heteroatoms.